The van der Waals surface area contributed by atoms with E-state index in [1.807, 2.05) is 12.1 Å². The van der Waals surface area contributed by atoms with Crippen LogP contribution < -0.4 is 9.47 Å². The predicted molar refractivity (Wildman–Crippen MR) is 127 cm³/mol. The van der Waals surface area contributed by atoms with Gasteiger partial charge in [-0.25, -0.2) is 4.79 Å². The van der Waals surface area contributed by atoms with Gasteiger partial charge in [-0.1, -0.05) is 48.0 Å². The fourth-order valence-corrected chi connectivity index (χ4v) is 3.89. The Morgan fingerprint density at radius 2 is 1.68 bits per heavy atom. The average molecular weight is 495 g/mol. The Morgan fingerprint density at radius 1 is 1.00 bits per heavy atom. The average Bonchev–Trinajstić information content (AvgIpc) is 2.79. The summed E-state index contributed by atoms with van der Waals surface area (Å²) in [6.07, 6.45) is 6.22. The van der Waals surface area contributed by atoms with Gasteiger partial charge in [0.25, 0.3) is 0 Å². The molecule has 1 amide bonds. The number of rotatable bonds is 10. The van der Waals surface area contributed by atoms with E-state index in [2.05, 4.69) is 39.6 Å². The van der Waals surface area contributed by atoms with Crippen molar-refractivity contribution in [2.45, 2.75) is 52.0 Å². The van der Waals surface area contributed by atoms with Crippen molar-refractivity contribution in [2.75, 3.05) is 47.0 Å². The molecule has 1 aliphatic heterocycles. The first-order chi connectivity index (χ1) is 15.1. The van der Waals surface area contributed by atoms with Crippen LogP contribution in [0.2, 0.25) is 0 Å². The number of halogens is 1. The van der Waals surface area contributed by atoms with E-state index >= 15 is 0 Å². The normalized spacial score (nSPS) is 14.0. The Morgan fingerprint density at radius 3 is 2.35 bits per heavy atom. The van der Waals surface area contributed by atoms with E-state index in [0.717, 1.165) is 42.5 Å². The minimum atomic E-state index is -0.239. The van der Waals surface area contributed by atoms with Crippen molar-refractivity contribution in [1.82, 2.24) is 9.80 Å². The van der Waals surface area contributed by atoms with Crippen LogP contribution in [0.15, 0.2) is 16.6 Å². The van der Waals surface area contributed by atoms with Gasteiger partial charge in [-0.2, -0.15) is 0 Å². The highest BCUT2D eigenvalue weighted by Crippen LogP contribution is 2.34. The molecule has 0 unspecified atom stereocenters. The third-order valence-corrected chi connectivity index (χ3v) is 6.05. The highest BCUT2D eigenvalue weighted by molar-refractivity contribution is 9.10. The van der Waals surface area contributed by atoms with E-state index in [1.54, 1.807) is 19.1 Å². The number of unbranched alkanes of at least 4 members (excludes halogenated alkanes) is 4. The van der Waals surface area contributed by atoms with Crippen molar-refractivity contribution in [2.24, 2.45) is 0 Å². The summed E-state index contributed by atoms with van der Waals surface area (Å²) in [7, 11) is 3.27. The van der Waals surface area contributed by atoms with Gasteiger partial charge in [0.15, 0.2) is 11.5 Å². The van der Waals surface area contributed by atoms with Gasteiger partial charge in [-0.3, -0.25) is 4.90 Å². The number of nitrogens with zero attached hydrogens (tertiary/aromatic N) is 2. The lowest BCUT2D eigenvalue weighted by atomic mass is 10.1. The Labute approximate surface area is 195 Å². The molecule has 31 heavy (non-hydrogen) atoms. The van der Waals surface area contributed by atoms with Crippen molar-refractivity contribution in [1.29, 1.82) is 0 Å². The zero-order valence-corrected chi connectivity index (χ0v) is 20.6. The molecule has 6 nitrogen and oxygen atoms in total. The number of hydrogen-bond acceptors (Lipinski definition) is 5. The summed E-state index contributed by atoms with van der Waals surface area (Å²) in [4.78, 5) is 16.4. The lowest BCUT2D eigenvalue weighted by molar-refractivity contribution is 0.0758. The van der Waals surface area contributed by atoms with E-state index in [4.69, 9.17) is 14.2 Å². The predicted octanol–water partition coefficient (Wildman–Crippen LogP) is 5.08. The molecule has 0 saturated carbocycles. The monoisotopic (exact) mass is 494 g/mol. The molecule has 0 spiro atoms. The highest BCUT2D eigenvalue weighted by atomic mass is 79.9. The second-order valence-electron chi connectivity index (χ2n) is 7.59. The SMILES string of the molecule is CCCCCCC#CCCOC(=O)N1CCN(Cc2cc(OC)c(OC)cc2Br)CC1. The minimum absolute atomic E-state index is 0.239. The van der Waals surface area contributed by atoms with Gasteiger partial charge in [-0.15, -0.1) is 5.92 Å². The standard InChI is InChI=1S/C24H35BrN2O4/c1-4-5-6-7-8-9-10-11-16-31-24(28)27-14-12-26(13-15-27)19-20-17-22(29-2)23(30-3)18-21(20)25/h17-18H,4-8,11-16,19H2,1-3H3. The molecule has 1 fully saturated rings. The van der Waals surface area contributed by atoms with Crippen LogP contribution in [0, 0.1) is 11.8 Å². The Balaban J connectivity index is 1.69. The molecular formula is C24H35BrN2O4. The molecule has 0 N–H and O–H groups in total. The third-order valence-electron chi connectivity index (χ3n) is 5.31. The lowest BCUT2D eigenvalue weighted by Crippen LogP contribution is -2.48. The Hall–Kier alpha value is -1.91. The van der Waals surface area contributed by atoms with Gasteiger partial charge in [0.05, 0.1) is 14.2 Å². The smallest absolute Gasteiger partial charge is 0.409 e. The maximum atomic E-state index is 12.3. The van der Waals surface area contributed by atoms with Crippen molar-refractivity contribution in [3.8, 4) is 23.3 Å². The molecule has 0 atom stereocenters. The van der Waals surface area contributed by atoms with Crippen LogP contribution in [-0.2, 0) is 11.3 Å². The summed E-state index contributed by atoms with van der Waals surface area (Å²) in [6, 6.07) is 3.92. The van der Waals surface area contributed by atoms with Crippen LogP contribution >= 0.6 is 15.9 Å². The zero-order valence-electron chi connectivity index (χ0n) is 19.0. The summed E-state index contributed by atoms with van der Waals surface area (Å²) in [6.45, 7) is 6.26. The zero-order chi connectivity index (χ0) is 22.5. The molecule has 7 heteroatoms. The van der Waals surface area contributed by atoms with Crippen molar-refractivity contribution in [3.63, 3.8) is 0 Å². The van der Waals surface area contributed by atoms with Crippen LogP contribution in [0.4, 0.5) is 4.79 Å². The fraction of sp³-hybridized carbons (Fsp3) is 0.625. The number of carbonyl (C=O) groups excluding carboxylic acids is 1. The van der Waals surface area contributed by atoms with E-state index in [-0.39, 0.29) is 6.09 Å². The van der Waals surface area contributed by atoms with Gasteiger partial charge >= 0.3 is 6.09 Å². The summed E-state index contributed by atoms with van der Waals surface area (Å²) in [5.41, 5.74) is 1.13. The fourth-order valence-electron chi connectivity index (χ4n) is 3.44. The molecule has 0 aliphatic carbocycles. The molecule has 2 rings (SSSR count). The molecule has 0 aromatic heterocycles. The number of carbonyl (C=O) groups is 1. The highest BCUT2D eigenvalue weighted by Gasteiger charge is 2.23. The van der Waals surface area contributed by atoms with Gasteiger partial charge in [0.2, 0.25) is 0 Å². The van der Waals surface area contributed by atoms with Gasteiger partial charge in [0.1, 0.15) is 6.61 Å². The minimum Gasteiger partial charge on any atom is -0.493 e. The van der Waals surface area contributed by atoms with E-state index in [1.165, 1.54) is 19.3 Å². The topological polar surface area (TPSA) is 51.2 Å². The van der Waals surface area contributed by atoms with Crippen LogP contribution in [0.5, 0.6) is 11.5 Å². The van der Waals surface area contributed by atoms with Gasteiger partial charge < -0.3 is 19.1 Å². The Kier molecular flexibility index (Phi) is 11.6. The van der Waals surface area contributed by atoms with Gasteiger partial charge in [-0.05, 0) is 24.1 Å². The van der Waals surface area contributed by atoms with Gasteiger partial charge in [0, 0.05) is 50.0 Å². The molecule has 172 valence electrons. The second kappa shape index (κ2) is 14.2. The van der Waals surface area contributed by atoms with Crippen LogP contribution in [0.3, 0.4) is 0 Å². The molecular weight excluding hydrogens is 460 g/mol. The summed E-state index contributed by atoms with van der Waals surface area (Å²) in [5.74, 6) is 7.68. The molecule has 0 radical (unpaired) electrons. The summed E-state index contributed by atoms with van der Waals surface area (Å²) in [5, 5.41) is 0. The first-order valence-corrected chi connectivity index (χ1v) is 11.9. The van der Waals surface area contributed by atoms with E-state index in [0.29, 0.717) is 37.6 Å². The maximum Gasteiger partial charge on any atom is 0.409 e. The number of amides is 1. The van der Waals surface area contributed by atoms with E-state index in [9.17, 15) is 4.79 Å². The van der Waals surface area contributed by atoms with Crippen molar-refractivity contribution in [3.05, 3.63) is 22.2 Å². The van der Waals surface area contributed by atoms with E-state index < -0.39 is 0 Å². The van der Waals surface area contributed by atoms with Crippen molar-refractivity contribution >= 4 is 22.0 Å². The number of methoxy groups -OCH3 is 2. The molecule has 1 heterocycles. The molecule has 1 saturated heterocycles. The number of piperazine rings is 1. The van der Waals surface area contributed by atoms with Crippen LogP contribution in [-0.4, -0.2) is 62.9 Å². The van der Waals surface area contributed by atoms with Crippen LogP contribution in [0.1, 0.15) is 51.0 Å². The third kappa shape index (κ3) is 8.62. The maximum absolute atomic E-state index is 12.3. The molecule has 1 aromatic carbocycles. The molecule has 1 aliphatic rings. The van der Waals surface area contributed by atoms with Crippen molar-refractivity contribution < 1.29 is 19.0 Å². The molecule has 0 bridgehead atoms. The first-order valence-electron chi connectivity index (χ1n) is 11.1. The quantitative estimate of drug-likeness (QED) is 0.335. The first kappa shape index (κ1) is 25.4. The summed E-state index contributed by atoms with van der Waals surface area (Å²) < 4.78 is 17.1. The van der Waals surface area contributed by atoms with Crippen LogP contribution in [0.25, 0.3) is 0 Å². The number of benzene rings is 1. The summed E-state index contributed by atoms with van der Waals surface area (Å²) >= 11 is 3.62. The largest absolute Gasteiger partial charge is 0.493 e. The lowest BCUT2D eigenvalue weighted by Gasteiger charge is -2.34. The Bertz CT molecular complexity index is 752. The number of ether oxygens (including phenoxy) is 3. The molecule has 1 aromatic rings. The number of hydrogen-bond donors (Lipinski definition) is 0. The second-order valence-corrected chi connectivity index (χ2v) is 8.44.